The van der Waals surface area contributed by atoms with Gasteiger partial charge in [-0.2, -0.15) is 0 Å². The van der Waals surface area contributed by atoms with Crippen molar-refractivity contribution in [3.8, 4) is 0 Å². The zero-order valence-electron chi connectivity index (χ0n) is 9.85. The van der Waals surface area contributed by atoms with Crippen molar-refractivity contribution in [1.82, 2.24) is 9.97 Å². The molecule has 4 nitrogen and oxygen atoms in total. The third-order valence-corrected chi connectivity index (χ3v) is 2.61. The lowest BCUT2D eigenvalue weighted by molar-refractivity contribution is 1.03. The van der Waals surface area contributed by atoms with Crippen LogP contribution >= 0.6 is 0 Å². The monoisotopic (exact) mass is 228 g/mol. The van der Waals surface area contributed by atoms with Crippen LogP contribution in [0.15, 0.2) is 36.7 Å². The highest BCUT2D eigenvalue weighted by molar-refractivity contribution is 5.40. The third kappa shape index (κ3) is 2.93. The maximum Gasteiger partial charge on any atom is 0.147 e. The molecule has 1 aromatic carbocycles. The minimum Gasteiger partial charge on any atom is -0.382 e. The van der Waals surface area contributed by atoms with Crippen molar-refractivity contribution < 1.29 is 0 Å². The molecule has 2 aromatic rings. The molecule has 4 heteroatoms. The lowest BCUT2D eigenvalue weighted by Crippen LogP contribution is -2.05. The average Bonchev–Trinajstić information content (AvgIpc) is 2.37. The molecule has 0 aliphatic heterocycles. The summed E-state index contributed by atoms with van der Waals surface area (Å²) in [6, 6.07) is 8.36. The van der Waals surface area contributed by atoms with Crippen LogP contribution < -0.4 is 11.1 Å². The normalized spacial score (nSPS) is 10.2. The van der Waals surface area contributed by atoms with E-state index in [1.54, 1.807) is 6.20 Å². The van der Waals surface area contributed by atoms with Gasteiger partial charge in [0.2, 0.25) is 0 Å². The van der Waals surface area contributed by atoms with E-state index in [0.29, 0.717) is 11.6 Å². The van der Waals surface area contributed by atoms with Crippen LogP contribution in [0.5, 0.6) is 0 Å². The van der Waals surface area contributed by atoms with E-state index in [9.17, 15) is 0 Å². The summed E-state index contributed by atoms with van der Waals surface area (Å²) in [5.74, 6) is 1.13. The second-order valence-electron chi connectivity index (χ2n) is 3.80. The summed E-state index contributed by atoms with van der Waals surface area (Å²) in [6.45, 7) is 2.89. The summed E-state index contributed by atoms with van der Waals surface area (Å²) in [6.07, 6.45) is 4.23. The summed E-state index contributed by atoms with van der Waals surface area (Å²) < 4.78 is 0. The van der Waals surface area contributed by atoms with Gasteiger partial charge in [0.1, 0.15) is 11.6 Å². The molecule has 0 spiro atoms. The molecule has 2 rings (SSSR count). The fraction of sp³-hybridized carbons (Fsp3) is 0.231. The zero-order chi connectivity index (χ0) is 12.1. The Labute approximate surface area is 101 Å². The van der Waals surface area contributed by atoms with Crippen LogP contribution in [0, 0.1) is 0 Å². The molecule has 88 valence electrons. The van der Waals surface area contributed by atoms with Gasteiger partial charge in [0.05, 0.1) is 12.4 Å². The van der Waals surface area contributed by atoms with Crippen LogP contribution in [-0.2, 0) is 13.0 Å². The fourth-order valence-corrected chi connectivity index (χ4v) is 1.73. The molecule has 0 fully saturated rings. The first kappa shape index (κ1) is 11.4. The lowest BCUT2D eigenvalue weighted by atomic mass is 10.1. The Morgan fingerprint density at radius 3 is 2.65 bits per heavy atom. The molecule has 0 atom stereocenters. The number of nitrogens with two attached hydrogens (primary N) is 1. The Balaban J connectivity index is 2.07. The predicted octanol–water partition coefficient (Wildman–Crippen LogP) is 2.23. The Hall–Kier alpha value is -2.10. The topological polar surface area (TPSA) is 63.8 Å². The number of nitrogen functional groups attached to an aromatic ring is 1. The van der Waals surface area contributed by atoms with Crippen LogP contribution in [0.2, 0.25) is 0 Å². The summed E-state index contributed by atoms with van der Waals surface area (Å²) in [7, 11) is 0. The van der Waals surface area contributed by atoms with Crippen LogP contribution in [0.1, 0.15) is 18.1 Å². The second kappa shape index (κ2) is 5.30. The molecule has 0 aliphatic rings. The van der Waals surface area contributed by atoms with E-state index in [0.717, 1.165) is 13.0 Å². The largest absolute Gasteiger partial charge is 0.382 e. The minimum atomic E-state index is 0.429. The van der Waals surface area contributed by atoms with Gasteiger partial charge in [-0.3, -0.25) is 4.98 Å². The van der Waals surface area contributed by atoms with Gasteiger partial charge in [0.15, 0.2) is 0 Å². The maximum atomic E-state index is 5.57. The Morgan fingerprint density at radius 1 is 1.18 bits per heavy atom. The van der Waals surface area contributed by atoms with E-state index in [4.69, 9.17) is 5.73 Å². The number of hydrogen-bond acceptors (Lipinski definition) is 4. The molecule has 0 radical (unpaired) electrons. The number of nitrogens with zero attached hydrogens (tertiary/aromatic N) is 2. The molecule has 0 aliphatic carbocycles. The molecular weight excluding hydrogens is 212 g/mol. The van der Waals surface area contributed by atoms with Crippen LogP contribution in [0.4, 0.5) is 11.6 Å². The SMILES string of the molecule is CCc1ccccc1CNc1cncc(N)n1. The minimum absolute atomic E-state index is 0.429. The van der Waals surface area contributed by atoms with Gasteiger partial charge in [-0.25, -0.2) is 4.98 Å². The van der Waals surface area contributed by atoms with Crippen molar-refractivity contribution in [2.45, 2.75) is 19.9 Å². The number of hydrogen-bond donors (Lipinski definition) is 2. The molecule has 3 N–H and O–H groups in total. The Morgan fingerprint density at radius 2 is 1.94 bits per heavy atom. The Bertz CT molecular complexity index is 496. The van der Waals surface area contributed by atoms with E-state index >= 15 is 0 Å². The van der Waals surface area contributed by atoms with E-state index < -0.39 is 0 Å². The van der Waals surface area contributed by atoms with Gasteiger partial charge >= 0.3 is 0 Å². The first-order valence-electron chi connectivity index (χ1n) is 5.67. The fourth-order valence-electron chi connectivity index (χ4n) is 1.73. The molecular formula is C13H16N4. The highest BCUT2D eigenvalue weighted by Gasteiger charge is 2.00. The van der Waals surface area contributed by atoms with Crippen molar-refractivity contribution >= 4 is 11.6 Å². The van der Waals surface area contributed by atoms with Crippen LogP contribution in [0.3, 0.4) is 0 Å². The van der Waals surface area contributed by atoms with E-state index in [2.05, 4.69) is 40.4 Å². The van der Waals surface area contributed by atoms with Crippen molar-refractivity contribution in [1.29, 1.82) is 0 Å². The summed E-state index contributed by atoms with van der Waals surface area (Å²) in [5, 5.41) is 3.22. The zero-order valence-corrected chi connectivity index (χ0v) is 9.85. The maximum absolute atomic E-state index is 5.57. The summed E-state index contributed by atoms with van der Waals surface area (Å²) >= 11 is 0. The van der Waals surface area contributed by atoms with Crippen molar-refractivity contribution in [2.24, 2.45) is 0 Å². The smallest absolute Gasteiger partial charge is 0.147 e. The van der Waals surface area contributed by atoms with Gasteiger partial charge < -0.3 is 11.1 Å². The quantitative estimate of drug-likeness (QED) is 0.842. The molecule has 0 bridgehead atoms. The number of aryl methyl sites for hydroxylation is 1. The first-order valence-corrected chi connectivity index (χ1v) is 5.67. The Kier molecular flexibility index (Phi) is 3.55. The summed E-state index contributed by atoms with van der Waals surface area (Å²) in [4.78, 5) is 8.14. The highest BCUT2D eigenvalue weighted by Crippen LogP contribution is 2.12. The third-order valence-electron chi connectivity index (χ3n) is 2.61. The van der Waals surface area contributed by atoms with Gasteiger partial charge in [0, 0.05) is 6.54 Å². The molecule has 1 aromatic heterocycles. The van der Waals surface area contributed by atoms with Gasteiger partial charge in [-0.1, -0.05) is 31.2 Å². The van der Waals surface area contributed by atoms with E-state index in [1.165, 1.54) is 17.3 Å². The summed E-state index contributed by atoms with van der Waals surface area (Å²) in [5.41, 5.74) is 8.19. The van der Waals surface area contributed by atoms with Gasteiger partial charge in [-0.15, -0.1) is 0 Å². The van der Waals surface area contributed by atoms with Crippen LogP contribution in [-0.4, -0.2) is 9.97 Å². The van der Waals surface area contributed by atoms with E-state index in [-0.39, 0.29) is 0 Å². The highest BCUT2D eigenvalue weighted by atomic mass is 15.0. The first-order chi connectivity index (χ1) is 8.29. The molecule has 0 saturated carbocycles. The van der Waals surface area contributed by atoms with Crippen molar-refractivity contribution in [2.75, 3.05) is 11.1 Å². The lowest BCUT2D eigenvalue weighted by Gasteiger charge is -2.09. The molecule has 17 heavy (non-hydrogen) atoms. The van der Waals surface area contributed by atoms with Gasteiger partial charge in [-0.05, 0) is 17.5 Å². The number of rotatable bonds is 4. The number of aromatic nitrogens is 2. The number of nitrogens with one attached hydrogen (secondary N) is 1. The number of anilines is 2. The number of benzene rings is 1. The second-order valence-corrected chi connectivity index (χ2v) is 3.80. The van der Waals surface area contributed by atoms with Crippen molar-refractivity contribution in [3.05, 3.63) is 47.8 Å². The molecule has 0 unspecified atom stereocenters. The predicted molar refractivity (Wildman–Crippen MR) is 69.6 cm³/mol. The van der Waals surface area contributed by atoms with E-state index in [1.807, 2.05) is 6.07 Å². The standard InChI is InChI=1S/C13H16N4/c1-2-10-5-3-4-6-11(10)7-16-13-9-15-8-12(14)17-13/h3-6,8-9H,2,7H2,1H3,(H3,14,16,17). The molecule has 0 saturated heterocycles. The molecule has 1 heterocycles. The van der Waals surface area contributed by atoms with Crippen molar-refractivity contribution in [3.63, 3.8) is 0 Å². The van der Waals surface area contributed by atoms with Crippen LogP contribution in [0.25, 0.3) is 0 Å². The average molecular weight is 228 g/mol. The molecule has 0 amide bonds. The van der Waals surface area contributed by atoms with Gasteiger partial charge in [0.25, 0.3) is 0 Å².